The van der Waals surface area contributed by atoms with E-state index in [2.05, 4.69) is 25.7 Å². The summed E-state index contributed by atoms with van der Waals surface area (Å²) in [7, 11) is 0. The molecule has 0 unspecified atom stereocenters. The molecule has 0 aromatic heterocycles. The van der Waals surface area contributed by atoms with Crippen molar-refractivity contribution in [3.63, 3.8) is 0 Å². The number of nitrogens with one attached hydrogen (secondary N) is 1. The van der Waals surface area contributed by atoms with Gasteiger partial charge >= 0.3 is 5.97 Å². The fourth-order valence-corrected chi connectivity index (χ4v) is 1.94. The van der Waals surface area contributed by atoms with Gasteiger partial charge < -0.3 is 10.0 Å². The molecule has 1 amide bonds. The van der Waals surface area contributed by atoms with Crippen molar-refractivity contribution in [1.29, 1.82) is 0 Å². The number of rotatable bonds is 12. The van der Waals surface area contributed by atoms with E-state index in [-0.39, 0.29) is 6.42 Å². The Morgan fingerprint density at radius 1 is 0.810 bits per heavy atom. The van der Waals surface area contributed by atoms with Gasteiger partial charge in [-0.15, -0.1) is 0 Å². The highest BCUT2D eigenvalue weighted by molar-refractivity contribution is 5.72. The highest BCUT2D eigenvalue weighted by Crippen LogP contribution is 2.08. The molecule has 0 saturated heterocycles. The number of aliphatic carboxylic acids is 1. The first-order valence-electron chi connectivity index (χ1n) is 8.16. The molecule has 0 aromatic carbocycles. The summed E-state index contributed by atoms with van der Waals surface area (Å²) in [4.78, 5) is 22.8. The Bertz CT molecular complexity index is 228. The molecule has 0 saturated carbocycles. The summed E-state index contributed by atoms with van der Waals surface area (Å²) in [6.07, 6.45) is 6.12. The van der Waals surface area contributed by atoms with Crippen LogP contribution < -0.4 is 5.73 Å². The van der Waals surface area contributed by atoms with Gasteiger partial charge in [0.05, 0.1) is 0 Å². The molecule has 0 spiro atoms. The van der Waals surface area contributed by atoms with E-state index in [1.54, 1.807) is 0 Å². The Morgan fingerprint density at radius 2 is 1.19 bits per heavy atom. The Balaban J connectivity index is 0. The lowest BCUT2D eigenvalue weighted by Crippen LogP contribution is -2.21. The zero-order valence-electron chi connectivity index (χ0n) is 14.0. The summed E-state index contributed by atoms with van der Waals surface area (Å²) < 4.78 is 0. The molecular formula is C16H33N2O3. The fraction of sp³-hybridized carbons (Fsp3) is 0.875. The minimum atomic E-state index is -0.732. The van der Waals surface area contributed by atoms with Gasteiger partial charge in [-0.3, -0.25) is 15.3 Å². The predicted octanol–water partition coefficient (Wildman–Crippen LogP) is 3.35. The van der Waals surface area contributed by atoms with E-state index >= 15 is 0 Å². The third-order valence-corrected chi connectivity index (χ3v) is 3.39. The molecule has 0 aliphatic carbocycles. The summed E-state index contributed by atoms with van der Waals surface area (Å²) in [5.74, 6) is -1.22. The van der Waals surface area contributed by atoms with Gasteiger partial charge in [-0.25, -0.2) is 0 Å². The van der Waals surface area contributed by atoms with Gasteiger partial charge in [-0.1, -0.05) is 46.5 Å². The molecule has 0 aliphatic heterocycles. The van der Waals surface area contributed by atoms with Gasteiger partial charge in [0.25, 0.3) is 0 Å². The lowest BCUT2D eigenvalue weighted by atomic mass is 10.1. The number of amides is 1. The van der Waals surface area contributed by atoms with E-state index in [0.717, 1.165) is 38.5 Å². The Morgan fingerprint density at radius 3 is 1.48 bits per heavy atom. The summed E-state index contributed by atoms with van der Waals surface area (Å²) in [6.45, 7) is 10.1. The highest BCUT2D eigenvalue weighted by Gasteiger charge is 1.97. The number of hydrogen-bond acceptors (Lipinski definition) is 3. The summed E-state index contributed by atoms with van der Waals surface area (Å²) in [5, 5.41) is 8.36. The number of hydrogen-bond donors (Lipinski definition) is 1. The maximum Gasteiger partial charge on any atom is 0.303 e. The molecule has 5 nitrogen and oxygen atoms in total. The third kappa shape index (κ3) is 21.4. The van der Waals surface area contributed by atoms with E-state index in [1.165, 1.54) is 19.6 Å². The van der Waals surface area contributed by atoms with Crippen molar-refractivity contribution in [2.24, 2.45) is 0 Å². The first-order valence-corrected chi connectivity index (χ1v) is 8.16. The summed E-state index contributed by atoms with van der Waals surface area (Å²) in [6, 6.07) is 0. The SMILES string of the molecule is CCN(CC)CC.[NH]C(=O)CCCCCCCCC(=O)O. The smallest absolute Gasteiger partial charge is 0.303 e. The topological polar surface area (TPSA) is 81.4 Å². The normalized spacial score (nSPS) is 10.1. The number of nitrogens with zero attached hydrogens (tertiary/aromatic N) is 1. The Kier molecular flexibility index (Phi) is 17.9. The van der Waals surface area contributed by atoms with Crippen molar-refractivity contribution in [3.05, 3.63) is 0 Å². The Hall–Kier alpha value is -1.10. The number of carboxylic acid groups (broad SMARTS) is 1. The minimum absolute atomic E-state index is 0.255. The van der Waals surface area contributed by atoms with Gasteiger partial charge in [0.2, 0.25) is 5.91 Å². The summed E-state index contributed by atoms with van der Waals surface area (Å²) in [5.41, 5.74) is 6.67. The third-order valence-electron chi connectivity index (χ3n) is 3.39. The van der Waals surface area contributed by atoms with Crippen molar-refractivity contribution in [3.8, 4) is 0 Å². The molecule has 0 heterocycles. The number of carbonyl (C=O) groups excluding carboxylic acids is 1. The first-order chi connectivity index (χ1) is 9.97. The van der Waals surface area contributed by atoms with Crippen molar-refractivity contribution in [1.82, 2.24) is 10.6 Å². The van der Waals surface area contributed by atoms with Crippen LogP contribution in [-0.4, -0.2) is 41.5 Å². The monoisotopic (exact) mass is 301 g/mol. The van der Waals surface area contributed by atoms with E-state index in [1.807, 2.05) is 0 Å². The zero-order valence-corrected chi connectivity index (χ0v) is 14.0. The first kappa shape index (κ1) is 22.2. The van der Waals surface area contributed by atoms with E-state index in [4.69, 9.17) is 10.8 Å². The lowest BCUT2D eigenvalue weighted by molar-refractivity contribution is -0.137. The van der Waals surface area contributed by atoms with Crippen molar-refractivity contribution >= 4 is 11.9 Å². The van der Waals surface area contributed by atoms with Crippen LogP contribution in [0.1, 0.15) is 72.1 Å². The van der Waals surface area contributed by atoms with Gasteiger partial charge in [0.15, 0.2) is 0 Å². The molecule has 0 rings (SSSR count). The van der Waals surface area contributed by atoms with E-state index in [0.29, 0.717) is 6.42 Å². The maximum atomic E-state index is 10.3. The van der Waals surface area contributed by atoms with Crippen molar-refractivity contribution < 1.29 is 14.7 Å². The molecule has 2 N–H and O–H groups in total. The maximum absolute atomic E-state index is 10.3. The van der Waals surface area contributed by atoms with Crippen LogP contribution in [0.15, 0.2) is 0 Å². The Labute approximate surface area is 129 Å². The average molecular weight is 301 g/mol. The van der Waals surface area contributed by atoms with Crippen LogP contribution in [-0.2, 0) is 9.59 Å². The van der Waals surface area contributed by atoms with Crippen LogP contribution >= 0.6 is 0 Å². The van der Waals surface area contributed by atoms with Gasteiger partial charge in [-0.05, 0) is 32.5 Å². The molecule has 21 heavy (non-hydrogen) atoms. The molecular weight excluding hydrogens is 268 g/mol. The molecule has 0 aliphatic rings. The molecule has 0 bridgehead atoms. The number of carbonyl (C=O) groups is 2. The molecule has 5 heteroatoms. The van der Waals surface area contributed by atoms with Crippen LogP contribution in [0.3, 0.4) is 0 Å². The van der Waals surface area contributed by atoms with Gasteiger partial charge in [0.1, 0.15) is 0 Å². The molecule has 0 aromatic rings. The molecule has 0 atom stereocenters. The summed E-state index contributed by atoms with van der Waals surface area (Å²) >= 11 is 0. The minimum Gasteiger partial charge on any atom is -0.481 e. The van der Waals surface area contributed by atoms with E-state index < -0.39 is 11.9 Å². The van der Waals surface area contributed by atoms with Gasteiger partial charge in [-0.2, -0.15) is 0 Å². The molecule has 1 radical (unpaired) electrons. The van der Waals surface area contributed by atoms with Crippen LogP contribution in [0, 0.1) is 0 Å². The van der Waals surface area contributed by atoms with Gasteiger partial charge in [0, 0.05) is 12.8 Å². The lowest BCUT2D eigenvalue weighted by Gasteiger charge is -2.13. The standard InChI is InChI=1S/C10H18NO3.C6H15N/c11-9(12)7-5-3-1-2-4-6-8-10(13)14;1-4-7(5-2)6-3/h11H,1-8H2,(H,13,14);4-6H2,1-3H3. The second kappa shape index (κ2) is 17.0. The predicted molar refractivity (Wildman–Crippen MR) is 86.1 cm³/mol. The average Bonchev–Trinajstić information content (AvgIpc) is 2.44. The highest BCUT2D eigenvalue weighted by atomic mass is 16.4. The van der Waals surface area contributed by atoms with E-state index in [9.17, 15) is 9.59 Å². The molecule has 0 fully saturated rings. The van der Waals surface area contributed by atoms with Crippen LogP contribution in [0.2, 0.25) is 0 Å². The van der Waals surface area contributed by atoms with Crippen molar-refractivity contribution in [2.45, 2.75) is 72.1 Å². The molecule has 125 valence electrons. The number of carboxylic acids is 1. The van der Waals surface area contributed by atoms with Crippen LogP contribution in [0.25, 0.3) is 0 Å². The zero-order chi connectivity index (χ0) is 16.5. The van der Waals surface area contributed by atoms with Crippen LogP contribution in [0.5, 0.6) is 0 Å². The fourth-order valence-electron chi connectivity index (χ4n) is 1.94. The second-order valence-electron chi connectivity index (χ2n) is 5.06. The second-order valence-corrected chi connectivity index (χ2v) is 5.06. The van der Waals surface area contributed by atoms with Crippen LogP contribution in [0.4, 0.5) is 0 Å². The number of unbranched alkanes of at least 4 members (excludes halogenated alkanes) is 5. The largest absolute Gasteiger partial charge is 0.481 e. The quantitative estimate of drug-likeness (QED) is 0.560. The van der Waals surface area contributed by atoms with Crippen molar-refractivity contribution in [2.75, 3.05) is 19.6 Å².